The van der Waals surface area contributed by atoms with Gasteiger partial charge in [-0.05, 0) is 41.8 Å². The Morgan fingerprint density at radius 1 is 1.10 bits per heavy atom. The summed E-state index contributed by atoms with van der Waals surface area (Å²) in [6, 6.07) is 15.2. The Hall–Kier alpha value is -2.00. The van der Waals surface area contributed by atoms with E-state index in [0.717, 1.165) is 11.4 Å². The molecule has 0 atom stereocenters. The summed E-state index contributed by atoms with van der Waals surface area (Å²) in [5.74, 6) is 0.395. The smallest absolute Gasteiger partial charge is 0.243 e. The lowest BCUT2D eigenvalue weighted by atomic mass is 10.0. The molecule has 2 N–H and O–H groups in total. The van der Waals surface area contributed by atoms with Crippen LogP contribution in [-0.2, 0) is 4.79 Å². The molecule has 0 aliphatic rings. The van der Waals surface area contributed by atoms with Gasteiger partial charge in [-0.2, -0.15) is 0 Å². The molecule has 0 spiro atoms. The first-order valence-electron chi connectivity index (χ1n) is 6.94. The van der Waals surface area contributed by atoms with Crippen LogP contribution in [0.1, 0.15) is 25.3 Å². The van der Waals surface area contributed by atoms with Crippen LogP contribution in [0.15, 0.2) is 48.5 Å². The Morgan fingerprint density at radius 3 is 2.43 bits per heavy atom. The predicted molar refractivity (Wildman–Crippen MR) is 89.1 cm³/mol. The number of carbonyl (C=O) groups is 1. The number of benzene rings is 2. The molecule has 0 aliphatic heterocycles. The van der Waals surface area contributed by atoms with Crippen LogP contribution in [0.25, 0.3) is 0 Å². The molecular weight excluding hydrogens is 284 g/mol. The Bertz CT molecular complexity index is 608. The molecule has 0 aliphatic carbocycles. The van der Waals surface area contributed by atoms with Gasteiger partial charge in [0.2, 0.25) is 5.91 Å². The highest BCUT2D eigenvalue weighted by Crippen LogP contribution is 2.17. The zero-order chi connectivity index (χ0) is 15.2. The molecule has 1 amide bonds. The molecule has 2 aromatic rings. The number of hydrogen-bond acceptors (Lipinski definition) is 2. The van der Waals surface area contributed by atoms with Gasteiger partial charge in [0.05, 0.1) is 6.54 Å². The van der Waals surface area contributed by atoms with Crippen molar-refractivity contribution in [1.82, 2.24) is 0 Å². The number of rotatable bonds is 5. The zero-order valence-corrected chi connectivity index (χ0v) is 12.9. The maximum absolute atomic E-state index is 11.9. The van der Waals surface area contributed by atoms with Crippen molar-refractivity contribution in [3.63, 3.8) is 0 Å². The summed E-state index contributed by atoms with van der Waals surface area (Å²) in [4.78, 5) is 11.9. The fourth-order valence-corrected chi connectivity index (χ4v) is 2.13. The van der Waals surface area contributed by atoms with E-state index in [1.54, 1.807) is 12.1 Å². The quantitative estimate of drug-likeness (QED) is 0.853. The monoisotopic (exact) mass is 302 g/mol. The highest BCUT2D eigenvalue weighted by molar-refractivity contribution is 6.30. The summed E-state index contributed by atoms with van der Waals surface area (Å²) in [6.07, 6.45) is 0. The van der Waals surface area contributed by atoms with E-state index in [1.165, 1.54) is 5.56 Å². The van der Waals surface area contributed by atoms with Crippen LogP contribution in [0, 0.1) is 0 Å². The Morgan fingerprint density at radius 2 is 1.81 bits per heavy atom. The molecule has 0 saturated heterocycles. The van der Waals surface area contributed by atoms with E-state index in [1.807, 2.05) is 36.4 Å². The third-order valence-electron chi connectivity index (χ3n) is 3.14. The van der Waals surface area contributed by atoms with E-state index >= 15 is 0 Å². The van der Waals surface area contributed by atoms with Crippen LogP contribution >= 0.6 is 11.6 Å². The van der Waals surface area contributed by atoms with Crippen molar-refractivity contribution in [3.8, 4) is 0 Å². The third-order valence-corrected chi connectivity index (χ3v) is 3.37. The van der Waals surface area contributed by atoms with Gasteiger partial charge < -0.3 is 10.6 Å². The summed E-state index contributed by atoms with van der Waals surface area (Å²) in [5.41, 5.74) is 2.88. The van der Waals surface area contributed by atoms with Crippen LogP contribution in [0.2, 0.25) is 5.02 Å². The molecule has 2 aromatic carbocycles. The number of halogens is 1. The largest absolute Gasteiger partial charge is 0.376 e. The van der Waals surface area contributed by atoms with Crippen LogP contribution in [0.4, 0.5) is 11.4 Å². The van der Waals surface area contributed by atoms with Gasteiger partial charge in [-0.1, -0.05) is 43.6 Å². The van der Waals surface area contributed by atoms with E-state index in [-0.39, 0.29) is 12.5 Å². The Labute approximate surface area is 130 Å². The van der Waals surface area contributed by atoms with Crippen molar-refractivity contribution < 1.29 is 4.79 Å². The lowest BCUT2D eigenvalue weighted by Gasteiger charge is -2.10. The zero-order valence-electron chi connectivity index (χ0n) is 12.2. The summed E-state index contributed by atoms with van der Waals surface area (Å²) in [6.45, 7) is 4.48. The van der Waals surface area contributed by atoms with Crippen LogP contribution < -0.4 is 10.6 Å². The molecule has 0 unspecified atom stereocenters. The van der Waals surface area contributed by atoms with Gasteiger partial charge in [0, 0.05) is 16.4 Å². The minimum atomic E-state index is -0.0905. The van der Waals surface area contributed by atoms with E-state index in [0.29, 0.717) is 10.9 Å². The Kier molecular flexibility index (Phi) is 5.23. The second-order valence-corrected chi connectivity index (χ2v) is 5.63. The van der Waals surface area contributed by atoms with Gasteiger partial charge in [0.25, 0.3) is 0 Å². The second-order valence-electron chi connectivity index (χ2n) is 5.19. The number of carbonyl (C=O) groups excluding carboxylic acids is 1. The molecule has 0 saturated carbocycles. The summed E-state index contributed by atoms with van der Waals surface area (Å²) in [5, 5.41) is 6.54. The van der Waals surface area contributed by atoms with Gasteiger partial charge in [0.1, 0.15) is 0 Å². The normalized spacial score (nSPS) is 10.5. The fraction of sp³-hybridized carbons (Fsp3) is 0.235. The molecule has 21 heavy (non-hydrogen) atoms. The van der Waals surface area contributed by atoms with Gasteiger partial charge in [-0.3, -0.25) is 4.79 Å². The second kappa shape index (κ2) is 7.14. The number of hydrogen-bond donors (Lipinski definition) is 2. The van der Waals surface area contributed by atoms with Gasteiger partial charge in [-0.15, -0.1) is 0 Å². The fourth-order valence-electron chi connectivity index (χ4n) is 1.94. The van der Waals surface area contributed by atoms with Crippen LogP contribution in [-0.4, -0.2) is 12.5 Å². The number of amides is 1. The first-order valence-corrected chi connectivity index (χ1v) is 7.31. The van der Waals surface area contributed by atoms with Gasteiger partial charge in [-0.25, -0.2) is 0 Å². The van der Waals surface area contributed by atoms with Crippen molar-refractivity contribution >= 4 is 28.9 Å². The predicted octanol–water partition coefficient (Wildman–Crippen LogP) is 4.51. The van der Waals surface area contributed by atoms with Gasteiger partial charge in [0.15, 0.2) is 0 Å². The molecule has 0 aromatic heterocycles. The molecular formula is C17H19ClN2O. The number of nitrogens with one attached hydrogen (secondary N) is 2. The topological polar surface area (TPSA) is 41.1 Å². The number of anilines is 2. The van der Waals surface area contributed by atoms with Crippen molar-refractivity contribution in [2.75, 3.05) is 17.2 Å². The molecule has 2 rings (SSSR count). The van der Waals surface area contributed by atoms with Crippen LogP contribution in [0.3, 0.4) is 0 Å². The summed E-state index contributed by atoms with van der Waals surface area (Å²) in [7, 11) is 0. The molecule has 0 radical (unpaired) electrons. The van der Waals surface area contributed by atoms with Crippen LogP contribution in [0.5, 0.6) is 0 Å². The standard InChI is InChI=1S/C17H19ClN2O/c1-12(2)13-6-8-15(9-7-13)20-17(21)11-19-16-5-3-4-14(18)10-16/h3-10,12,19H,11H2,1-2H3,(H,20,21). The molecule has 0 bridgehead atoms. The van der Waals surface area contributed by atoms with E-state index < -0.39 is 0 Å². The molecule has 0 fully saturated rings. The van der Waals surface area contributed by atoms with E-state index in [2.05, 4.69) is 24.5 Å². The van der Waals surface area contributed by atoms with E-state index in [4.69, 9.17) is 11.6 Å². The van der Waals surface area contributed by atoms with Crippen molar-refractivity contribution in [3.05, 3.63) is 59.1 Å². The van der Waals surface area contributed by atoms with Crippen molar-refractivity contribution in [2.45, 2.75) is 19.8 Å². The minimum Gasteiger partial charge on any atom is -0.376 e. The minimum absolute atomic E-state index is 0.0905. The highest BCUT2D eigenvalue weighted by Gasteiger charge is 2.04. The molecule has 110 valence electrons. The first-order chi connectivity index (χ1) is 10.0. The lowest BCUT2D eigenvalue weighted by Crippen LogP contribution is -2.21. The maximum atomic E-state index is 11.9. The summed E-state index contributed by atoms with van der Waals surface area (Å²) >= 11 is 5.89. The van der Waals surface area contributed by atoms with Crippen molar-refractivity contribution in [1.29, 1.82) is 0 Å². The Balaban J connectivity index is 1.87. The molecule has 3 nitrogen and oxygen atoms in total. The third kappa shape index (κ3) is 4.80. The molecule has 0 heterocycles. The first kappa shape index (κ1) is 15.4. The summed E-state index contributed by atoms with van der Waals surface area (Å²) < 4.78 is 0. The highest BCUT2D eigenvalue weighted by atomic mass is 35.5. The maximum Gasteiger partial charge on any atom is 0.243 e. The van der Waals surface area contributed by atoms with Gasteiger partial charge >= 0.3 is 0 Å². The molecule has 4 heteroatoms. The van der Waals surface area contributed by atoms with E-state index in [9.17, 15) is 4.79 Å². The lowest BCUT2D eigenvalue weighted by molar-refractivity contribution is -0.114. The SMILES string of the molecule is CC(C)c1ccc(NC(=O)CNc2cccc(Cl)c2)cc1. The average Bonchev–Trinajstić information content (AvgIpc) is 2.46. The average molecular weight is 303 g/mol. The van der Waals surface area contributed by atoms with Crippen molar-refractivity contribution in [2.24, 2.45) is 0 Å².